The molecule has 3 heterocycles. The molecule has 0 bridgehead atoms. The quantitative estimate of drug-likeness (QED) is 0.201. The maximum atomic E-state index is 10.5. The minimum atomic E-state index is -0.551. The maximum Gasteiger partial charge on any atom is 0.287 e. The molecule has 0 aliphatic heterocycles. The van der Waals surface area contributed by atoms with Crippen LogP contribution in [0.25, 0.3) is 0 Å². The van der Waals surface area contributed by atoms with Gasteiger partial charge in [0, 0.05) is 32.9 Å². The van der Waals surface area contributed by atoms with E-state index in [1.165, 1.54) is 51.2 Å². The van der Waals surface area contributed by atoms with Gasteiger partial charge in [-0.3, -0.25) is 34.6 Å². The molecule has 210 valence electrons. The van der Waals surface area contributed by atoms with E-state index in [-0.39, 0.29) is 41.7 Å². The molecule has 0 unspecified atom stereocenters. The highest BCUT2D eigenvalue weighted by molar-refractivity contribution is 6.62. The number of carbonyl (C=O) groups excluding carboxylic acids is 3. The number of rotatable bonds is 4. The number of nitrogens with two attached hydrogens (primary N) is 2. The summed E-state index contributed by atoms with van der Waals surface area (Å²) in [6.07, 6.45) is 3.70. The minimum absolute atomic E-state index is 0. The average Bonchev–Trinajstić information content (AvgIpc) is 2.81. The van der Waals surface area contributed by atoms with E-state index in [9.17, 15) is 34.6 Å². The van der Waals surface area contributed by atoms with E-state index in [4.69, 9.17) is 11.5 Å². The number of aromatic nitrogens is 3. The van der Waals surface area contributed by atoms with Gasteiger partial charge in [-0.05, 0) is 35.9 Å². The van der Waals surface area contributed by atoms with Gasteiger partial charge in [-0.15, -0.1) is 0 Å². The van der Waals surface area contributed by atoms with Crippen molar-refractivity contribution in [2.45, 2.75) is 28.2 Å². The van der Waals surface area contributed by atoms with Crippen molar-refractivity contribution in [2.24, 2.45) is 0 Å². The van der Waals surface area contributed by atoms with Gasteiger partial charge in [0.25, 0.3) is 11.4 Å². The molecule has 2 amide bonds. The third kappa shape index (κ3) is 18.6. The summed E-state index contributed by atoms with van der Waals surface area (Å²) in [4.78, 5) is 60.5. The Kier molecular flexibility index (Phi) is 17.4. The van der Waals surface area contributed by atoms with Gasteiger partial charge in [-0.2, -0.15) is 0 Å². The summed E-state index contributed by atoms with van der Waals surface area (Å²) in [7, 11) is 0. The Morgan fingerprint density at radius 2 is 1.13 bits per heavy atom. The fourth-order valence-corrected chi connectivity index (χ4v) is 1.91. The first-order valence-corrected chi connectivity index (χ1v) is 10.5. The molecule has 0 aliphatic rings. The van der Waals surface area contributed by atoms with Gasteiger partial charge in [0.05, 0.1) is 21.7 Å². The van der Waals surface area contributed by atoms with Crippen LogP contribution in [-0.4, -0.2) is 41.9 Å². The highest BCUT2D eigenvalue weighted by atomic mass is 35.5. The van der Waals surface area contributed by atoms with E-state index in [1.807, 2.05) is 0 Å². The molecular formula is C22H28ClN9O7. The molecule has 0 spiro atoms. The van der Waals surface area contributed by atoms with Gasteiger partial charge >= 0.3 is 0 Å². The summed E-state index contributed by atoms with van der Waals surface area (Å²) in [5.74, 6) is 0.707. The number of hydrogen-bond donors (Lipinski definition) is 4. The van der Waals surface area contributed by atoms with Crippen LogP contribution in [-0.2, 0) is 14.4 Å². The molecule has 3 aromatic heterocycles. The summed E-state index contributed by atoms with van der Waals surface area (Å²) in [6.45, 7) is 4.06. The standard InChI is InChI=1S/C7H7N3O3.C7H9N3O.C5H5N3O2.C2H3ClO.CH4/c1-5(11)9-7-3-2-6(4-8-7)10(12)13;1-5(11)10-7-3-2-6(8)4-9-7;6-5-2-1-4(3-7-5)8(9)10;1-2(3)4;/h2-4H,1H3,(H,8,9,11);2-4H,8H2,1H3,(H,9,10,11);1-3H,(H2,6,7);1H3;1H4. The lowest BCUT2D eigenvalue weighted by molar-refractivity contribution is -0.385. The number of hydrogen-bond acceptors (Lipinski definition) is 12. The number of nitro groups is 2. The second-order valence-corrected chi connectivity index (χ2v) is 7.20. The van der Waals surface area contributed by atoms with E-state index < -0.39 is 9.85 Å². The molecule has 0 saturated carbocycles. The third-order valence-corrected chi connectivity index (χ3v) is 3.33. The van der Waals surface area contributed by atoms with Crippen LogP contribution >= 0.6 is 11.6 Å². The molecule has 16 nitrogen and oxygen atoms in total. The van der Waals surface area contributed by atoms with Crippen molar-refractivity contribution < 1.29 is 24.2 Å². The number of nitrogen functional groups attached to an aromatic ring is 2. The molecule has 3 rings (SSSR count). The Labute approximate surface area is 228 Å². The molecule has 0 saturated heterocycles. The Morgan fingerprint density at radius 3 is 1.41 bits per heavy atom. The first-order chi connectivity index (χ1) is 17.7. The van der Waals surface area contributed by atoms with Gasteiger partial charge in [0.1, 0.15) is 29.8 Å². The second-order valence-electron chi connectivity index (χ2n) is 6.67. The van der Waals surface area contributed by atoms with Crippen molar-refractivity contribution in [3.63, 3.8) is 0 Å². The number of nitrogens with one attached hydrogen (secondary N) is 2. The van der Waals surface area contributed by atoms with E-state index in [0.29, 0.717) is 17.3 Å². The number of nitrogens with zero attached hydrogens (tertiary/aromatic N) is 5. The van der Waals surface area contributed by atoms with Crippen LogP contribution < -0.4 is 22.1 Å². The van der Waals surface area contributed by atoms with Crippen LogP contribution in [0.4, 0.5) is 34.5 Å². The number of halogens is 1. The predicted molar refractivity (Wildman–Crippen MR) is 147 cm³/mol. The number of amides is 2. The van der Waals surface area contributed by atoms with E-state index in [0.717, 1.165) is 12.4 Å². The lowest BCUT2D eigenvalue weighted by atomic mass is 10.4. The Morgan fingerprint density at radius 1 is 0.744 bits per heavy atom. The Hall–Kier alpha value is -5.25. The smallest absolute Gasteiger partial charge is 0.287 e. The van der Waals surface area contributed by atoms with Crippen LogP contribution in [0.3, 0.4) is 0 Å². The van der Waals surface area contributed by atoms with Crippen molar-refractivity contribution in [1.82, 2.24) is 15.0 Å². The van der Waals surface area contributed by atoms with Crippen LogP contribution in [0, 0.1) is 20.2 Å². The first kappa shape index (κ1) is 35.9. The SMILES string of the molecule is C.CC(=O)Cl.CC(=O)Nc1ccc(N)cn1.CC(=O)Nc1ccc([N+](=O)[O-])cn1.Nc1ccc([N+](=O)[O-])cn1. The predicted octanol–water partition coefficient (Wildman–Crippen LogP) is 3.55. The summed E-state index contributed by atoms with van der Waals surface area (Å²) in [5.41, 5.74) is 11.0. The van der Waals surface area contributed by atoms with Crippen LogP contribution in [0.2, 0.25) is 0 Å². The fourth-order valence-electron chi connectivity index (χ4n) is 1.91. The largest absolute Gasteiger partial charge is 0.397 e. The summed E-state index contributed by atoms with van der Waals surface area (Å²) < 4.78 is 0. The average molecular weight is 566 g/mol. The summed E-state index contributed by atoms with van der Waals surface area (Å²) in [5, 5.41) is 24.8. The molecule has 0 aromatic carbocycles. The zero-order chi connectivity index (χ0) is 29.3. The van der Waals surface area contributed by atoms with E-state index in [2.05, 4.69) is 37.2 Å². The molecular weight excluding hydrogens is 538 g/mol. The van der Waals surface area contributed by atoms with Crippen molar-refractivity contribution >= 4 is 63.2 Å². The number of anilines is 4. The van der Waals surface area contributed by atoms with Crippen molar-refractivity contribution in [2.75, 3.05) is 22.1 Å². The van der Waals surface area contributed by atoms with Gasteiger partial charge in [-0.1, -0.05) is 7.43 Å². The lowest BCUT2D eigenvalue weighted by Crippen LogP contribution is -2.07. The molecule has 0 fully saturated rings. The number of pyridine rings is 3. The summed E-state index contributed by atoms with van der Waals surface area (Å²) in [6, 6.07) is 8.67. The molecule has 39 heavy (non-hydrogen) atoms. The van der Waals surface area contributed by atoms with Crippen molar-refractivity contribution in [3.8, 4) is 0 Å². The van der Waals surface area contributed by atoms with Crippen molar-refractivity contribution in [1.29, 1.82) is 0 Å². The van der Waals surface area contributed by atoms with Gasteiger partial charge in [0.2, 0.25) is 17.1 Å². The zero-order valence-electron chi connectivity index (χ0n) is 20.3. The van der Waals surface area contributed by atoms with Gasteiger partial charge in [0.15, 0.2) is 0 Å². The minimum Gasteiger partial charge on any atom is -0.397 e. The van der Waals surface area contributed by atoms with E-state index in [1.54, 1.807) is 12.1 Å². The monoisotopic (exact) mass is 565 g/mol. The molecule has 17 heteroatoms. The van der Waals surface area contributed by atoms with Crippen LogP contribution in [0.5, 0.6) is 0 Å². The first-order valence-electron chi connectivity index (χ1n) is 10.1. The second kappa shape index (κ2) is 18.9. The zero-order valence-corrected chi connectivity index (χ0v) is 21.1. The Balaban J connectivity index is 0. The Bertz CT molecular complexity index is 1220. The molecule has 3 aromatic rings. The highest BCUT2D eigenvalue weighted by Gasteiger charge is 2.05. The molecule has 0 radical (unpaired) electrons. The summed E-state index contributed by atoms with van der Waals surface area (Å²) >= 11 is 4.64. The highest BCUT2D eigenvalue weighted by Crippen LogP contribution is 2.11. The van der Waals surface area contributed by atoms with Crippen LogP contribution in [0.15, 0.2) is 55.0 Å². The topological polar surface area (TPSA) is 252 Å². The van der Waals surface area contributed by atoms with Crippen LogP contribution in [0.1, 0.15) is 28.2 Å². The maximum absolute atomic E-state index is 10.5. The van der Waals surface area contributed by atoms with Gasteiger partial charge in [-0.25, -0.2) is 15.0 Å². The fraction of sp³-hybridized carbons (Fsp3) is 0.182. The van der Waals surface area contributed by atoms with Gasteiger partial charge < -0.3 is 22.1 Å². The third-order valence-electron chi connectivity index (χ3n) is 3.33. The normalized spacial score (nSPS) is 8.72. The number of carbonyl (C=O) groups is 3. The molecule has 0 aliphatic carbocycles. The van der Waals surface area contributed by atoms with E-state index >= 15 is 0 Å². The lowest BCUT2D eigenvalue weighted by Gasteiger charge is -1.99. The van der Waals surface area contributed by atoms with Crippen molar-refractivity contribution in [3.05, 3.63) is 75.2 Å². The molecule has 0 atom stereocenters. The molecule has 6 N–H and O–H groups in total.